The van der Waals surface area contributed by atoms with Gasteiger partial charge in [-0.15, -0.1) is 0 Å². The van der Waals surface area contributed by atoms with Gasteiger partial charge in [-0.25, -0.2) is 0 Å². The van der Waals surface area contributed by atoms with E-state index in [0.29, 0.717) is 5.92 Å². The van der Waals surface area contributed by atoms with Gasteiger partial charge in [0.2, 0.25) is 0 Å². The van der Waals surface area contributed by atoms with Gasteiger partial charge >= 0.3 is 0 Å². The summed E-state index contributed by atoms with van der Waals surface area (Å²) in [7, 11) is 1.68. The van der Waals surface area contributed by atoms with E-state index in [4.69, 9.17) is 4.74 Å². The second kappa shape index (κ2) is 4.97. The summed E-state index contributed by atoms with van der Waals surface area (Å²) in [6.07, 6.45) is 4.10. The zero-order valence-corrected chi connectivity index (χ0v) is 11.5. The highest BCUT2D eigenvalue weighted by molar-refractivity contribution is 6.09. The predicted octanol–water partition coefficient (Wildman–Crippen LogP) is 4.03. The molecular formula is C16H20O2. The van der Waals surface area contributed by atoms with Crippen molar-refractivity contribution in [3.63, 3.8) is 0 Å². The molecule has 2 nitrogen and oxygen atoms in total. The molecule has 0 spiro atoms. The average Bonchev–Trinajstić information content (AvgIpc) is 2.36. The molecular weight excluding hydrogens is 224 g/mol. The van der Waals surface area contributed by atoms with Crippen LogP contribution >= 0.6 is 0 Å². The van der Waals surface area contributed by atoms with Gasteiger partial charge in [0.25, 0.3) is 0 Å². The van der Waals surface area contributed by atoms with Crippen LogP contribution in [0.2, 0.25) is 0 Å². The van der Waals surface area contributed by atoms with Crippen molar-refractivity contribution in [2.75, 3.05) is 7.11 Å². The molecule has 1 aromatic carbocycles. The minimum Gasteiger partial charge on any atom is -0.496 e. The highest BCUT2D eigenvalue weighted by Crippen LogP contribution is 2.33. The molecule has 1 atom stereocenters. The van der Waals surface area contributed by atoms with E-state index in [-0.39, 0.29) is 5.78 Å². The van der Waals surface area contributed by atoms with Crippen molar-refractivity contribution in [2.24, 2.45) is 0 Å². The third-order valence-corrected chi connectivity index (χ3v) is 3.75. The van der Waals surface area contributed by atoms with Gasteiger partial charge in [0, 0.05) is 5.56 Å². The summed E-state index contributed by atoms with van der Waals surface area (Å²) in [5, 5.41) is 0. The molecule has 1 aliphatic carbocycles. The molecule has 2 rings (SSSR count). The number of hydrogen-bond donors (Lipinski definition) is 0. The number of ether oxygens (including phenoxy) is 1. The van der Waals surface area contributed by atoms with Gasteiger partial charge in [-0.3, -0.25) is 4.79 Å². The van der Waals surface area contributed by atoms with Crippen LogP contribution in [0.1, 0.15) is 54.1 Å². The quantitative estimate of drug-likeness (QED) is 0.745. The Balaban J connectivity index is 2.62. The average molecular weight is 244 g/mol. The highest BCUT2D eigenvalue weighted by Gasteiger charge is 2.21. The fraction of sp³-hybridized carbons (Fsp3) is 0.438. The maximum atomic E-state index is 12.4. The summed E-state index contributed by atoms with van der Waals surface area (Å²) in [6.45, 7) is 6.06. The number of fused-ring (bicyclic) bond motifs is 1. The van der Waals surface area contributed by atoms with Gasteiger partial charge in [0.1, 0.15) is 5.75 Å². The Bertz CT molecular complexity index is 512. The molecule has 0 fully saturated rings. The van der Waals surface area contributed by atoms with E-state index >= 15 is 0 Å². The topological polar surface area (TPSA) is 26.3 Å². The van der Waals surface area contributed by atoms with Crippen LogP contribution in [0.4, 0.5) is 0 Å². The van der Waals surface area contributed by atoms with Crippen LogP contribution in [0.5, 0.6) is 5.75 Å². The van der Waals surface area contributed by atoms with Crippen LogP contribution in [-0.4, -0.2) is 12.9 Å². The van der Waals surface area contributed by atoms with Gasteiger partial charge in [0.15, 0.2) is 5.78 Å². The molecule has 0 unspecified atom stereocenters. The molecule has 0 radical (unpaired) electrons. The fourth-order valence-electron chi connectivity index (χ4n) is 2.54. The second-order valence-corrected chi connectivity index (χ2v) is 5.10. The smallest absolute Gasteiger partial charge is 0.188 e. The van der Waals surface area contributed by atoms with E-state index in [1.165, 1.54) is 0 Å². The van der Waals surface area contributed by atoms with Crippen LogP contribution in [0.25, 0.3) is 0 Å². The summed E-state index contributed by atoms with van der Waals surface area (Å²) in [4.78, 5) is 12.4. The maximum Gasteiger partial charge on any atom is 0.188 e. The molecule has 0 N–H and O–H groups in total. The van der Waals surface area contributed by atoms with E-state index in [1.807, 2.05) is 26.0 Å². The molecule has 2 heteroatoms. The summed E-state index contributed by atoms with van der Waals surface area (Å²) < 4.78 is 5.37. The molecule has 1 aliphatic rings. The van der Waals surface area contributed by atoms with E-state index in [1.54, 1.807) is 7.11 Å². The highest BCUT2D eigenvalue weighted by atomic mass is 16.5. The van der Waals surface area contributed by atoms with Crippen LogP contribution in [-0.2, 0) is 0 Å². The first kappa shape index (κ1) is 12.9. The first-order valence-corrected chi connectivity index (χ1v) is 6.44. The SMILES string of the molecule is COc1cc2c(cc1C)C(=O)/C(C)=C\CC[C@H]2C. The molecule has 18 heavy (non-hydrogen) atoms. The number of Topliss-reactive ketones (excluding diaryl/α,β-unsaturated/α-hetero) is 1. The lowest BCUT2D eigenvalue weighted by Gasteiger charge is -2.20. The molecule has 0 saturated heterocycles. The lowest BCUT2D eigenvalue weighted by atomic mass is 9.85. The minimum atomic E-state index is 0.155. The number of carbonyl (C=O) groups is 1. The van der Waals surface area contributed by atoms with Crippen molar-refractivity contribution in [3.8, 4) is 5.75 Å². The molecule has 0 bridgehead atoms. The summed E-state index contributed by atoms with van der Waals surface area (Å²) in [5.74, 6) is 1.42. The molecule has 0 heterocycles. The Morgan fingerprint density at radius 3 is 2.67 bits per heavy atom. The van der Waals surface area contributed by atoms with Gasteiger partial charge in [0.05, 0.1) is 7.11 Å². The van der Waals surface area contributed by atoms with Gasteiger partial charge in [-0.1, -0.05) is 13.0 Å². The van der Waals surface area contributed by atoms with Crippen LogP contribution in [0.15, 0.2) is 23.8 Å². The molecule has 0 amide bonds. The third kappa shape index (κ3) is 2.20. The van der Waals surface area contributed by atoms with Crippen molar-refractivity contribution in [3.05, 3.63) is 40.5 Å². The van der Waals surface area contributed by atoms with Crippen molar-refractivity contribution < 1.29 is 9.53 Å². The first-order chi connectivity index (χ1) is 8.54. The van der Waals surface area contributed by atoms with Crippen molar-refractivity contribution in [1.29, 1.82) is 0 Å². The molecule has 0 aliphatic heterocycles. The number of ketones is 1. The molecule has 0 saturated carbocycles. The zero-order valence-electron chi connectivity index (χ0n) is 11.5. The van der Waals surface area contributed by atoms with Gasteiger partial charge < -0.3 is 4.74 Å². The third-order valence-electron chi connectivity index (χ3n) is 3.75. The van der Waals surface area contributed by atoms with E-state index in [9.17, 15) is 4.79 Å². The predicted molar refractivity (Wildman–Crippen MR) is 73.5 cm³/mol. The van der Waals surface area contributed by atoms with E-state index in [0.717, 1.165) is 40.9 Å². The molecule has 1 aromatic rings. The Hall–Kier alpha value is -1.57. The summed E-state index contributed by atoms with van der Waals surface area (Å²) in [5.41, 5.74) is 3.84. The lowest BCUT2D eigenvalue weighted by Crippen LogP contribution is -2.11. The van der Waals surface area contributed by atoms with Crippen LogP contribution in [0, 0.1) is 6.92 Å². The van der Waals surface area contributed by atoms with Crippen molar-refractivity contribution >= 4 is 5.78 Å². The largest absolute Gasteiger partial charge is 0.496 e. The minimum absolute atomic E-state index is 0.155. The Morgan fingerprint density at radius 1 is 1.28 bits per heavy atom. The Morgan fingerprint density at radius 2 is 2.00 bits per heavy atom. The number of carbonyl (C=O) groups excluding carboxylic acids is 1. The number of aryl methyl sites for hydroxylation is 1. The zero-order chi connectivity index (χ0) is 13.3. The summed E-state index contributed by atoms with van der Waals surface area (Å²) >= 11 is 0. The van der Waals surface area contributed by atoms with E-state index < -0.39 is 0 Å². The van der Waals surface area contributed by atoms with Crippen LogP contribution < -0.4 is 4.74 Å². The monoisotopic (exact) mass is 244 g/mol. The van der Waals surface area contributed by atoms with E-state index in [2.05, 4.69) is 13.0 Å². The molecule has 0 aromatic heterocycles. The number of benzene rings is 1. The number of rotatable bonds is 1. The standard InChI is InChI=1S/C16H20O2/c1-10-6-5-7-11(2)16(17)14-8-12(3)15(18-4)9-13(10)14/h7-10H,5-6H2,1-4H3/b11-7-/t10-/m1/s1. The lowest BCUT2D eigenvalue weighted by molar-refractivity contribution is 0.103. The maximum absolute atomic E-state index is 12.4. The van der Waals surface area contributed by atoms with Crippen LogP contribution in [0.3, 0.4) is 0 Å². The first-order valence-electron chi connectivity index (χ1n) is 6.44. The normalized spacial score (nSPS) is 22.6. The second-order valence-electron chi connectivity index (χ2n) is 5.10. The fourth-order valence-corrected chi connectivity index (χ4v) is 2.54. The number of allylic oxidation sites excluding steroid dienone is 2. The van der Waals surface area contributed by atoms with Crippen molar-refractivity contribution in [2.45, 2.75) is 39.5 Å². The molecule has 96 valence electrons. The van der Waals surface area contributed by atoms with Gasteiger partial charge in [-0.2, -0.15) is 0 Å². The number of hydrogen-bond acceptors (Lipinski definition) is 2. The summed E-state index contributed by atoms with van der Waals surface area (Å²) in [6, 6.07) is 4.00. The van der Waals surface area contributed by atoms with Crippen molar-refractivity contribution in [1.82, 2.24) is 0 Å². The Kier molecular flexibility index (Phi) is 3.55. The van der Waals surface area contributed by atoms with Gasteiger partial charge in [-0.05, 0) is 61.4 Å². The Labute approximate surface area is 109 Å². The number of methoxy groups -OCH3 is 1.